The number of nitrogens with zero attached hydrogens (tertiary/aromatic N) is 4. The molecule has 1 fully saturated rings. The van der Waals surface area contributed by atoms with E-state index in [-0.39, 0.29) is 4.90 Å². The number of piperazine rings is 1. The van der Waals surface area contributed by atoms with E-state index in [4.69, 9.17) is 11.8 Å². The number of aromatic nitrogens is 1. The molecule has 1 saturated heterocycles. The van der Waals surface area contributed by atoms with E-state index in [2.05, 4.69) is 42.1 Å². The Morgan fingerprint density at radius 1 is 1.23 bits per heavy atom. The third kappa shape index (κ3) is 5.22. The first kappa shape index (κ1) is 23.6. The number of pyridine rings is 1. The maximum atomic E-state index is 12.9. The van der Waals surface area contributed by atoms with Crippen molar-refractivity contribution in [3.8, 4) is 0 Å². The first-order chi connectivity index (χ1) is 14.8. The number of hydrogen-bond acceptors (Lipinski definition) is 5. The van der Waals surface area contributed by atoms with Gasteiger partial charge in [0.25, 0.3) is 10.0 Å². The van der Waals surface area contributed by atoms with Crippen LogP contribution in [-0.2, 0) is 10.0 Å². The predicted octanol–water partition coefficient (Wildman–Crippen LogP) is 4.64. The standard InChI is InChI=1S/C23H31ClN4O2S/c1-5-13-26-14-15-27(17-20(26)6-2)23-12-9-21(16-25-23)28(24)31(29,30)22-10-7-19(8-11-22)18(3)4/h5,7-12,16,18,20H,1,6,13-15,17H2,2-4H3/t20-/m0/s1. The van der Waals surface area contributed by atoms with Crippen LogP contribution in [-0.4, -0.2) is 50.5 Å². The van der Waals surface area contributed by atoms with E-state index in [1.165, 1.54) is 6.20 Å². The topological polar surface area (TPSA) is 56.8 Å². The Labute approximate surface area is 191 Å². The maximum absolute atomic E-state index is 12.9. The van der Waals surface area contributed by atoms with Gasteiger partial charge in [0.05, 0.1) is 16.8 Å². The minimum absolute atomic E-state index is 0.153. The molecule has 0 bridgehead atoms. The summed E-state index contributed by atoms with van der Waals surface area (Å²) >= 11 is 6.25. The van der Waals surface area contributed by atoms with Gasteiger partial charge in [0.15, 0.2) is 0 Å². The number of anilines is 2. The second-order valence-electron chi connectivity index (χ2n) is 8.11. The fourth-order valence-corrected chi connectivity index (χ4v) is 5.21. The lowest BCUT2D eigenvalue weighted by atomic mass is 10.0. The largest absolute Gasteiger partial charge is 0.354 e. The van der Waals surface area contributed by atoms with E-state index in [0.29, 0.717) is 17.6 Å². The normalized spacial score (nSPS) is 17.7. The molecule has 3 rings (SSSR count). The summed E-state index contributed by atoms with van der Waals surface area (Å²) in [4.78, 5) is 9.31. The van der Waals surface area contributed by atoms with Crippen molar-refractivity contribution in [2.75, 3.05) is 34.9 Å². The fourth-order valence-electron chi connectivity index (χ4n) is 3.82. The summed E-state index contributed by atoms with van der Waals surface area (Å²) in [7, 11) is -3.87. The molecule has 1 aliphatic heterocycles. The van der Waals surface area contributed by atoms with Crippen LogP contribution in [0.4, 0.5) is 11.5 Å². The monoisotopic (exact) mass is 462 g/mol. The second kappa shape index (κ2) is 10.0. The minimum Gasteiger partial charge on any atom is -0.354 e. The van der Waals surface area contributed by atoms with Gasteiger partial charge in [0, 0.05) is 44.0 Å². The number of halogens is 1. The molecule has 1 aromatic carbocycles. The van der Waals surface area contributed by atoms with Crippen molar-refractivity contribution in [2.24, 2.45) is 0 Å². The van der Waals surface area contributed by atoms with Crippen LogP contribution in [0.25, 0.3) is 0 Å². The van der Waals surface area contributed by atoms with Crippen LogP contribution >= 0.6 is 11.8 Å². The summed E-state index contributed by atoms with van der Waals surface area (Å²) in [5, 5.41) is 0. The lowest BCUT2D eigenvalue weighted by molar-refractivity contribution is 0.190. The molecule has 0 aliphatic carbocycles. The van der Waals surface area contributed by atoms with Gasteiger partial charge in [-0.2, -0.15) is 12.2 Å². The van der Waals surface area contributed by atoms with Gasteiger partial charge in [-0.15, -0.1) is 6.58 Å². The van der Waals surface area contributed by atoms with Gasteiger partial charge in [-0.25, -0.2) is 4.98 Å². The van der Waals surface area contributed by atoms with Crippen molar-refractivity contribution in [3.05, 3.63) is 60.8 Å². The molecule has 1 aromatic heterocycles. The van der Waals surface area contributed by atoms with Gasteiger partial charge in [-0.3, -0.25) is 4.90 Å². The van der Waals surface area contributed by atoms with E-state index >= 15 is 0 Å². The van der Waals surface area contributed by atoms with Crippen molar-refractivity contribution < 1.29 is 8.42 Å². The Balaban J connectivity index is 1.74. The summed E-state index contributed by atoms with van der Waals surface area (Å²) in [6, 6.07) is 10.8. The molecule has 1 aliphatic rings. The molecule has 2 aromatic rings. The summed E-state index contributed by atoms with van der Waals surface area (Å²) in [5.41, 5.74) is 1.39. The third-order valence-corrected chi connectivity index (χ3v) is 8.00. The Morgan fingerprint density at radius 2 is 1.94 bits per heavy atom. The number of benzene rings is 1. The van der Waals surface area contributed by atoms with E-state index in [9.17, 15) is 8.42 Å². The van der Waals surface area contributed by atoms with E-state index < -0.39 is 10.0 Å². The van der Waals surface area contributed by atoms with Crippen LogP contribution in [0.15, 0.2) is 60.1 Å². The second-order valence-corrected chi connectivity index (χ2v) is 10.4. The third-order valence-electron chi connectivity index (χ3n) is 5.75. The van der Waals surface area contributed by atoms with Crippen LogP contribution in [0.3, 0.4) is 0 Å². The van der Waals surface area contributed by atoms with Gasteiger partial charge in [0.1, 0.15) is 5.82 Å². The van der Waals surface area contributed by atoms with E-state index in [1.807, 2.05) is 24.3 Å². The molecule has 168 valence electrons. The molecular weight excluding hydrogens is 432 g/mol. The maximum Gasteiger partial charge on any atom is 0.278 e. The molecule has 0 radical (unpaired) electrons. The molecule has 0 saturated carbocycles. The van der Waals surface area contributed by atoms with Gasteiger partial charge in [-0.1, -0.05) is 39.0 Å². The zero-order chi connectivity index (χ0) is 22.6. The Hall–Kier alpha value is -2.09. The first-order valence-electron chi connectivity index (χ1n) is 10.6. The summed E-state index contributed by atoms with van der Waals surface area (Å²) in [5.74, 6) is 1.15. The highest BCUT2D eigenvalue weighted by Crippen LogP contribution is 2.28. The van der Waals surface area contributed by atoms with Crippen LogP contribution in [0, 0.1) is 0 Å². The van der Waals surface area contributed by atoms with Gasteiger partial charge in [-0.05, 0) is 42.2 Å². The molecule has 8 heteroatoms. The SMILES string of the molecule is C=CCN1CCN(c2ccc(N(Cl)S(=O)(=O)c3ccc(C(C)C)cc3)cn2)C[C@@H]1CC. The van der Waals surface area contributed by atoms with Crippen molar-refractivity contribution in [3.63, 3.8) is 0 Å². The fraction of sp³-hybridized carbons (Fsp3) is 0.435. The molecule has 0 amide bonds. The Bertz CT molecular complexity index is 978. The molecule has 0 N–H and O–H groups in total. The summed E-state index contributed by atoms with van der Waals surface area (Å²) in [6.45, 7) is 13.7. The van der Waals surface area contributed by atoms with Crippen LogP contribution < -0.4 is 8.72 Å². The lowest BCUT2D eigenvalue weighted by Crippen LogP contribution is -2.53. The highest BCUT2D eigenvalue weighted by atomic mass is 35.5. The Morgan fingerprint density at radius 3 is 2.48 bits per heavy atom. The first-order valence-corrected chi connectivity index (χ1v) is 12.4. The average molecular weight is 463 g/mol. The van der Waals surface area contributed by atoms with E-state index in [0.717, 1.165) is 47.8 Å². The number of rotatable bonds is 8. The molecule has 0 spiro atoms. The minimum atomic E-state index is -3.87. The summed E-state index contributed by atoms with van der Waals surface area (Å²) < 4.78 is 26.6. The highest BCUT2D eigenvalue weighted by molar-refractivity contribution is 7.94. The molecule has 6 nitrogen and oxygen atoms in total. The number of hydrogen-bond donors (Lipinski definition) is 0. The zero-order valence-corrected chi connectivity index (χ0v) is 20.0. The van der Waals surface area contributed by atoms with Crippen LogP contribution in [0.2, 0.25) is 0 Å². The molecule has 31 heavy (non-hydrogen) atoms. The van der Waals surface area contributed by atoms with E-state index in [1.54, 1.807) is 18.2 Å². The molecular formula is C23H31ClN4O2S. The van der Waals surface area contributed by atoms with Gasteiger partial charge >= 0.3 is 0 Å². The average Bonchev–Trinajstić information content (AvgIpc) is 2.79. The zero-order valence-electron chi connectivity index (χ0n) is 18.4. The summed E-state index contributed by atoms with van der Waals surface area (Å²) in [6.07, 6.45) is 4.50. The highest BCUT2D eigenvalue weighted by Gasteiger charge is 2.27. The molecule has 0 unspecified atom stereocenters. The van der Waals surface area contributed by atoms with Crippen LogP contribution in [0.5, 0.6) is 0 Å². The molecule has 2 heterocycles. The van der Waals surface area contributed by atoms with Crippen molar-refractivity contribution in [2.45, 2.75) is 44.0 Å². The quantitative estimate of drug-likeness (QED) is 0.422. The van der Waals surface area contributed by atoms with Crippen molar-refractivity contribution in [1.82, 2.24) is 9.88 Å². The van der Waals surface area contributed by atoms with Gasteiger partial charge in [0.2, 0.25) is 0 Å². The smallest absolute Gasteiger partial charge is 0.278 e. The van der Waals surface area contributed by atoms with Crippen LogP contribution in [0.1, 0.15) is 38.7 Å². The number of sulfonamides is 1. The van der Waals surface area contributed by atoms with Crippen molar-refractivity contribution in [1.29, 1.82) is 0 Å². The predicted molar refractivity (Wildman–Crippen MR) is 128 cm³/mol. The van der Waals surface area contributed by atoms with Gasteiger partial charge < -0.3 is 4.90 Å². The lowest BCUT2D eigenvalue weighted by Gasteiger charge is -2.41. The Kier molecular flexibility index (Phi) is 7.62. The molecule has 1 atom stereocenters. The van der Waals surface area contributed by atoms with Crippen molar-refractivity contribution >= 4 is 33.3 Å².